The summed E-state index contributed by atoms with van der Waals surface area (Å²) in [5.74, 6) is 0.240. The van der Waals surface area contributed by atoms with Gasteiger partial charge < -0.3 is 4.74 Å². The van der Waals surface area contributed by atoms with E-state index in [1.54, 1.807) is 6.08 Å². The standard InChI is InChI=1S/C10H18O2/c1-5-8(3)9(4)7-10(11)12-6-2/h7-8H,5-6H2,1-4H3. The number of rotatable bonds is 4. The van der Waals surface area contributed by atoms with Crippen molar-refractivity contribution in [2.75, 3.05) is 6.61 Å². The van der Waals surface area contributed by atoms with Crippen LogP contribution in [0.1, 0.15) is 34.1 Å². The number of allylic oxidation sites excluding steroid dienone is 1. The quantitative estimate of drug-likeness (QED) is 0.478. The van der Waals surface area contributed by atoms with Gasteiger partial charge in [-0.1, -0.05) is 19.4 Å². The molecule has 0 spiro atoms. The van der Waals surface area contributed by atoms with Crippen LogP contribution in [0.25, 0.3) is 0 Å². The first-order valence-corrected chi connectivity index (χ1v) is 4.46. The first-order valence-electron chi connectivity index (χ1n) is 4.46. The van der Waals surface area contributed by atoms with Gasteiger partial charge in [0.25, 0.3) is 0 Å². The SMILES string of the molecule is CCOC(=O)C=C(C)C(C)CC. The van der Waals surface area contributed by atoms with Gasteiger partial charge in [0.05, 0.1) is 6.61 Å². The summed E-state index contributed by atoms with van der Waals surface area (Å²) in [6.45, 7) is 8.43. The molecule has 2 nitrogen and oxygen atoms in total. The lowest BCUT2D eigenvalue weighted by Crippen LogP contribution is -2.03. The second-order valence-corrected chi connectivity index (χ2v) is 2.95. The summed E-state index contributed by atoms with van der Waals surface area (Å²) in [7, 11) is 0. The van der Waals surface area contributed by atoms with Gasteiger partial charge in [0.15, 0.2) is 0 Å². The molecule has 0 radical (unpaired) electrons. The highest BCUT2D eigenvalue weighted by atomic mass is 16.5. The van der Waals surface area contributed by atoms with Crippen LogP contribution in [0.2, 0.25) is 0 Å². The third-order valence-electron chi connectivity index (χ3n) is 2.02. The Morgan fingerprint density at radius 1 is 1.50 bits per heavy atom. The van der Waals surface area contributed by atoms with Crippen LogP contribution in [0.4, 0.5) is 0 Å². The van der Waals surface area contributed by atoms with Gasteiger partial charge in [-0.05, 0) is 26.2 Å². The fourth-order valence-electron chi connectivity index (χ4n) is 0.834. The predicted molar refractivity (Wildman–Crippen MR) is 49.8 cm³/mol. The predicted octanol–water partition coefficient (Wildman–Crippen LogP) is 2.54. The van der Waals surface area contributed by atoms with Gasteiger partial charge >= 0.3 is 5.97 Å². The highest BCUT2D eigenvalue weighted by Gasteiger charge is 2.03. The number of carbonyl (C=O) groups is 1. The molecule has 0 bridgehead atoms. The summed E-state index contributed by atoms with van der Waals surface area (Å²) in [5, 5.41) is 0. The van der Waals surface area contributed by atoms with E-state index in [1.165, 1.54) is 0 Å². The van der Waals surface area contributed by atoms with Gasteiger partial charge in [0, 0.05) is 6.08 Å². The lowest BCUT2D eigenvalue weighted by atomic mass is 10.00. The Bertz CT molecular complexity index is 171. The van der Waals surface area contributed by atoms with Gasteiger partial charge in [-0.15, -0.1) is 0 Å². The zero-order chi connectivity index (χ0) is 9.56. The zero-order valence-electron chi connectivity index (χ0n) is 8.39. The van der Waals surface area contributed by atoms with Crippen LogP contribution in [0.15, 0.2) is 11.6 Å². The van der Waals surface area contributed by atoms with Gasteiger partial charge in [-0.3, -0.25) is 0 Å². The van der Waals surface area contributed by atoms with E-state index in [4.69, 9.17) is 4.74 Å². The molecule has 1 unspecified atom stereocenters. The smallest absolute Gasteiger partial charge is 0.330 e. The number of hydrogen-bond donors (Lipinski definition) is 0. The van der Waals surface area contributed by atoms with E-state index in [0.717, 1.165) is 12.0 Å². The van der Waals surface area contributed by atoms with Crippen molar-refractivity contribution < 1.29 is 9.53 Å². The Balaban J connectivity index is 4.05. The molecule has 2 heteroatoms. The van der Waals surface area contributed by atoms with E-state index < -0.39 is 0 Å². The largest absolute Gasteiger partial charge is 0.463 e. The molecule has 0 amide bonds. The molecule has 0 aromatic rings. The van der Waals surface area contributed by atoms with Crippen LogP contribution in [-0.2, 0) is 9.53 Å². The third kappa shape index (κ3) is 4.16. The van der Waals surface area contributed by atoms with Crippen LogP contribution >= 0.6 is 0 Å². The first kappa shape index (κ1) is 11.2. The van der Waals surface area contributed by atoms with Crippen molar-refractivity contribution in [3.05, 3.63) is 11.6 Å². The Morgan fingerprint density at radius 3 is 2.50 bits per heavy atom. The molecule has 70 valence electrons. The molecule has 0 aliphatic rings. The zero-order valence-corrected chi connectivity index (χ0v) is 8.39. The van der Waals surface area contributed by atoms with E-state index >= 15 is 0 Å². The maximum Gasteiger partial charge on any atom is 0.330 e. The van der Waals surface area contributed by atoms with E-state index in [0.29, 0.717) is 12.5 Å². The highest BCUT2D eigenvalue weighted by molar-refractivity contribution is 5.82. The molecule has 0 aromatic carbocycles. The van der Waals surface area contributed by atoms with Crippen LogP contribution in [0, 0.1) is 5.92 Å². The molecule has 0 heterocycles. The van der Waals surface area contributed by atoms with E-state index in [9.17, 15) is 4.79 Å². The van der Waals surface area contributed by atoms with Crippen LogP contribution < -0.4 is 0 Å². The minimum atomic E-state index is -0.227. The molecular weight excluding hydrogens is 152 g/mol. The number of esters is 1. The summed E-state index contributed by atoms with van der Waals surface area (Å²) < 4.78 is 4.79. The molecule has 0 rings (SSSR count). The Morgan fingerprint density at radius 2 is 2.08 bits per heavy atom. The summed E-state index contributed by atoms with van der Waals surface area (Å²) in [6, 6.07) is 0. The van der Waals surface area contributed by atoms with Crippen molar-refractivity contribution in [2.24, 2.45) is 5.92 Å². The molecule has 12 heavy (non-hydrogen) atoms. The minimum absolute atomic E-state index is 0.227. The maximum atomic E-state index is 11.0. The second kappa shape index (κ2) is 5.81. The average Bonchev–Trinajstić information content (AvgIpc) is 2.03. The molecule has 0 fully saturated rings. The van der Waals surface area contributed by atoms with Crippen LogP contribution in [0.5, 0.6) is 0 Å². The average molecular weight is 170 g/mol. The molecule has 0 N–H and O–H groups in total. The van der Waals surface area contributed by atoms with Crippen LogP contribution in [0.3, 0.4) is 0 Å². The minimum Gasteiger partial charge on any atom is -0.463 e. The van der Waals surface area contributed by atoms with E-state index in [2.05, 4.69) is 13.8 Å². The van der Waals surface area contributed by atoms with Crippen molar-refractivity contribution in [1.82, 2.24) is 0 Å². The van der Waals surface area contributed by atoms with Gasteiger partial charge in [-0.25, -0.2) is 4.79 Å². The molecule has 0 aliphatic heterocycles. The van der Waals surface area contributed by atoms with E-state index in [1.807, 2.05) is 13.8 Å². The monoisotopic (exact) mass is 170 g/mol. The molecule has 1 atom stereocenters. The maximum absolute atomic E-state index is 11.0. The fourth-order valence-corrected chi connectivity index (χ4v) is 0.834. The van der Waals surface area contributed by atoms with Crippen molar-refractivity contribution in [3.8, 4) is 0 Å². The molecular formula is C10H18O2. The molecule has 0 saturated heterocycles. The van der Waals surface area contributed by atoms with Crippen molar-refractivity contribution in [1.29, 1.82) is 0 Å². The van der Waals surface area contributed by atoms with Crippen molar-refractivity contribution >= 4 is 5.97 Å². The highest BCUT2D eigenvalue weighted by Crippen LogP contribution is 2.12. The van der Waals surface area contributed by atoms with Crippen LogP contribution in [-0.4, -0.2) is 12.6 Å². The van der Waals surface area contributed by atoms with Crippen molar-refractivity contribution in [2.45, 2.75) is 34.1 Å². The normalized spacial score (nSPS) is 14.2. The lowest BCUT2D eigenvalue weighted by Gasteiger charge is -2.07. The number of carbonyl (C=O) groups excluding carboxylic acids is 1. The molecule has 0 aromatic heterocycles. The number of ether oxygens (including phenoxy) is 1. The Hall–Kier alpha value is -0.790. The summed E-state index contributed by atoms with van der Waals surface area (Å²) in [6.07, 6.45) is 2.64. The summed E-state index contributed by atoms with van der Waals surface area (Å²) in [5.41, 5.74) is 1.09. The topological polar surface area (TPSA) is 26.3 Å². The lowest BCUT2D eigenvalue weighted by molar-refractivity contribution is -0.137. The van der Waals surface area contributed by atoms with Gasteiger partial charge in [0.1, 0.15) is 0 Å². The van der Waals surface area contributed by atoms with E-state index in [-0.39, 0.29) is 5.97 Å². The van der Waals surface area contributed by atoms with Crippen molar-refractivity contribution in [3.63, 3.8) is 0 Å². The fraction of sp³-hybridized carbons (Fsp3) is 0.700. The number of hydrogen-bond acceptors (Lipinski definition) is 2. The second-order valence-electron chi connectivity index (χ2n) is 2.95. The third-order valence-corrected chi connectivity index (χ3v) is 2.02. The molecule has 0 aliphatic carbocycles. The van der Waals surface area contributed by atoms with Gasteiger partial charge in [0.2, 0.25) is 0 Å². The Labute approximate surface area is 74.6 Å². The van der Waals surface area contributed by atoms with Gasteiger partial charge in [-0.2, -0.15) is 0 Å². The Kier molecular flexibility index (Phi) is 5.43. The summed E-state index contributed by atoms with van der Waals surface area (Å²) >= 11 is 0. The molecule has 0 saturated carbocycles. The first-order chi connectivity index (χ1) is 5.61. The summed E-state index contributed by atoms with van der Waals surface area (Å²) in [4.78, 5) is 11.0.